The first-order valence-electron chi connectivity index (χ1n) is 6.52. The van der Waals surface area contributed by atoms with Gasteiger partial charge in [0, 0.05) is 13.0 Å². The number of halogens is 2. The molecule has 4 nitrogen and oxygen atoms in total. The van der Waals surface area contributed by atoms with Crippen molar-refractivity contribution in [1.82, 2.24) is 10.6 Å². The van der Waals surface area contributed by atoms with E-state index < -0.39 is 24.9 Å². The Bertz CT molecular complexity index is 480. The van der Waals surface area contributed by atoms with Crippen molar-refractivity contribution in [3.8, 4) is 5.75 Å². The second kappa shape index (κ2) is 6.17. The number of rotatable bonds is 5. The van der Waals surface area contributed by atoms with Gasteiger partial charge in [-0.15, -0.1) is 0 Å². The first kappa shape index (κ1) is 14.7. The summed E-state index contributed by atoms with van der Waals surface area (Å²) in [5.74, 6) is -2.40. The molecule has 1 unspecified atom stereocenters. The van der Waals surface area contributed by atoms with Gasteiger partial charge in [-0.25, -0.2) is 8.78 Å². The number of benzene rings is 1. The highest BCUT2D eigenvalue weighted by Gasteiger charge is 2.42. The van der Waals surface area contributed by atoms with Crippen molar-refractivity contribution in [3.05, 3.63) is 29.8 Å². The quantitative estimate of drug-likeness (QED) is 0.858. The first-order chi connectivity index (χ1) is 9.50. The van der Waals surface area contributed by atoms with Gasteiger partial charge in [0.2, 0.25) is 5.91 Å². The molecule has 0 saturated carbocycles. The van der Waals surface area contributed by atoms with E-state index >= 15 is 0 Å². The van der Waals surface area contributed by atoms with Gasteiger partial charge in [-0.05, 0) is 24.1 Å². The number of alkyl halides is 2. The largest absolute Gasteiger partial charge is 0.497 e. The van der Waals surface area contributed by atoms with E-state index in [9.17, 15) is 13.6 Å². The Hall–Kier alpha value is -1.69. The lowest BCUT2D eigenvalue weighted by Crippen LogP contribution is -2.41. The van der Waals surface area contributed by atoms with Crippen LogP contribution in [0.2, 0.25) is 0 Å². The molecule has 2 rings (SSSR count). The molecule has 1 aliphatic rings. The Morgan fingerprint density at radius 3 is 3.00 bits per heavy atom. The van der Waals surface area contributed by atoms with Gasteiger partial charge >= 0.3 is 0 Å². The lowest BCUT2D eigenvalue weighted by atomic mass is 10.1. The molecule has 110 valence electrons. The summed E-state index contributed by atoms with van der Waals surface area (Å²) in [7, 11) is 1.59. The van der Waals surface area contributed by atoms with Gasteiger partial charge in [0.15, 0.2) is 0 Å². The van der Waals surface area contributed by atoms with E-state index in [0.717, 1.165) is 11.3 Å². The molecule has 20 heavy (non-hydrogen) atoms. The van der Waals surface area contributed by atoms with Gasteiger partial charge in [0.05, 0.1) is 19.7 Å². The molecule has 1 aromatic carbocycles. The van der Waals surface area contributed by atoms with Crippen molar-refractivity contribution in [2.24, 2.45) is 0 Å². The number of carbonyl (C=O) groups excluding carboxylic acids is 1. The minimum atomic E-state index is -2.78. The maximum atomic E-state index is 13.0. The molecule has 6 heteroatoms. The van der Waals surface area contributed by atoms with Crippen LogP contribution in [0.15, 0.2) is 24.3 Å². The molecular formula is C14H18F2N2O2. The van der Waals surface area contributed by atoms with E-state index in [1.165, 1.54) is 0 Å². The van der Waals surface area contributed by atoms with Gasteiger partial charge in [0.25, 0.3) is 5.92 Å². The van der Waals surface area contributed by atoms with Gasteiger partial charge in [-0.1, -0.05) is 12.1 Å². The summed E-state index contributed by atoms with van der Waals surface area (Å²) in [5.41, 5.74) is 1.02. The molecule has 1 aromatic rings. The fourth-order valence-corrected chi connectivity index (χ4v) is 2.18. The minimum absolute atomic E-state index is 0.370. The summed E-state index contributed by atoms with van der Waals surface area (Å²) in [6, 6.07) is 6.72. The molecule has 1 atom stereocenters. The van der Waals surface area contributed by atoms with Gasteiger partial charge in [-0.3, -0.25) is 10.1 Å². The number of carbonyl (C=O) groups is 1. The Balaban J connectivity index is 1.77. The molecule has 2 N–H and O–H groups in total. The van der Waals surface area contributed by atoms with Crippen molar-refractivity contribution in [2.75, 3.05) is 20.2 Å². The maximum absolute atomic E-state index is 13.0. The number of hydrogen-bond acceptors (Lipinski definition) is 3. The van der Waals surface area contributed by atoms with Crippen molar-refractivity contribution >= 4 is 5.91 Å². The summed E-state index contributed by atoms with van der Waals surface area (Å²) in [6.45, 7) is -0.0171. The zero-order valence-electron chi connectivity index (χ0n) is 11.3. The van der Waals surface area contributed by atoms with Crippen molar-refractivity contribution < 1.29 is 18.3 Å². The molecular weight excluding hydrogens is 266 g/mol. The predicted molar refractivity (Wildman–Crippen MR) is 71.1 cm³/mol. The van der Waals surface area contributed by atoms with Crippen LogP contribution in [-0.4, -0.2) is 38.1 Å². The van der Waals surface area contributed by atoms with E-state index in [1.54, 1.807) is 7.11 Å². The molecule has 0 aromatic heterocycles. The SMILES string of the molecule is COc1cccc(CCNC(=O)C2CC(F)(F)CN2)c1. The Kier molecular flexibility index (Phi) is 4.54. The monoisotopic (exact) mass is 284 g/mol. The standard InChI is InChI=1S/C14H18F2N2O2/c1-20-11-4-2-3-10(7-11)5-6-17-13(19)12-8-14(15,16)9-18-12/h2-4,7,12,18H,5-6,8-9H2,1H3,(H,17,19). The van der Waals surface area contributed by atoms with E-state index in [2.05, 4.69) is 10.6 Å². The van der Waals surface area contributed by atoms with E-state index in [4.69, 9.17) is 4.74 Å². The third-order valence-corrected chi connectivity index (χ3v) is 3.27. The van der Waals surface area contributed by atoms with Crippen LogP contribution in [0.1, 0.15) is 12.0 Å². The molecule has 1 amide bonds. The Morgan fingerprint density at radius 1 is 1.55 bits per heavy atom. The fraction of sp³-hybridized carbons (Fsp3) is 0.500. The summed E-state index contributed by atoms with van der Waals surface area (Å²) in [4.78, 5) is 11.7. The van der Waals surface area contributed by atoms with Crippen molar-refractivity contribution in [3.63, 3.8) is 0 Å². The third kappa shape index (κ3) is 3.90. The molecule has 1 saturated heterocycles. The van der Waals surface area contributed by atoms with Crippen LogP contribution in [0.5, 0.6) is 5.75 Å². The van der Waals surface area contributed by atoms with Crippen LogP contribution in [-0.2, 0) is 11.2 Å². The zero-order chi connectivity index (χ0) is 14.6. The van der Waals surface area contributed by atoms with Crippen LogP contribution in [0.25, 0.3) is 0 Å². The molecule has 0 bridgehead atoms. The minimum Gasteiger partial charge on any atom is -0.497 e. The number of methoxy groups -OCH3 is 1. The average molecular weight is 284 g/mol. The van der Waals surface area contributed by atoms with Gasteiger partial charge in [0.1, 0.15) is 5.75 Å². The summed E-state index contributed by atoms with van der Waals surface area (Å²) in [6.07, 6.45) is 0.198. The molecule has 1 aliphatic heterocycles. The van der Waals surface area contributed by atoms with Crippen molar-refractivity contribution in [1.29, 1.82) is 0 Å². The smallest absolute Gasteiger partial charge is 0.262 e. The Morgan fingerprint density at radius 2 is 2.35 bits per heavy atom. The van der Waals surface area contributed by atoms with Crippen LogP contribution in [0, 0.1) is 0 Å². The lowest BCUT2D eigenvalue weighted by Gasteiger charge is -2.11. The molecule has 1 fully saturated rings. The second-order valence-corrected chi connectivity index (χ2v) is 4.89. The van der Waals surface area contributed by atoms with Crippen LogP contribution in [0.3, 0.4) is 0 Å². The molecule has 1 heterocycles. The third-order valence-electron chi connectivity index (χ3n) is 3.27. The fourth-order valence-electron chi connectivity index (χ4n) is 2.18. The zero-order valence-corrected chi connectivity index (χ0v) is 11.3. The first-order valence-corrected chi connectivity index (χ1v) is 6.52. The van der Waals surface area contributed by atoms with Crippen LogP contribution < -0.4 is 15.4 Å². The summed E-state index contributed by atoms with van der Waals surface area (Å²) < 4.78 is 31.0. The maximum Gasteiger partial charge on any atom is 0.262 e. The number of ether oxygens (including phenoxy) is 1. The highest BCUT2D eigenvalue weighted by Crippen LogP contribution is 2.25. The van der Waals surface area contributed by atoms with Crippen molar-refractivity contribution in [2.45, 2.75) is 24.8 Å². The summed E-state index contributed by atoms with van der Waals surface area (Å²) in [5, 5.41) is 5.20. The topological polar surface area (TPSA) is 50.4 Å². The number of nitrogens with one attached hydrogen (secondary N) is 2. The van der Waals surface area contributed by atoms with Gasteiger partial charge < -0.3 is 10.1 Å². The Labute approximate surface area is 116 Å². The van der Waals surface area contributed by atoms with Crippen LogP contribution in [0.4, 0.5) is 8.78 Å². The van der Waals surface area contributed by atoms with Gasteiger partial charge in [-0.2, -0.15) is 0 Å². The lowest BCUT2D eigenvalue weighted by molar-refractivity contribution is -0.123. The van der Waals surface area contributed by atoms with E-state index in [0.29, 0.717) is 13.0 Å². The summed E-state index contributed by atoms with van der Waals surface area (Å²) >= 11 is 0. The normalized spacial score (nSPS) is 20.6. The highest BCUT2D eigenvalue weighted by atomic mass is 19.3. The van der Waals surface area contributed by atoms with E-state index in [1.807, 2.05) is 24.3 Å². The molecule has 0 spiro atoms. The number of amides is 1. The second-order valence-electron chi connectivity index (χ2n) is 4.89. The number of hydrogen-bond donors (Lipinski definition) is 2. The molecule has 0 radical (unpaired) electrons. The predicted octanol–water partition coefficient (Wildman–Crippen LogP) is 1.35. The average Bonchev–Trinajstić information content (AvgIpc) is 2.79. The van der Waals surface area contributed by atoms with E-state index in [-0.39, 0.29) is 5.91 Å². The molecule has 0 aliphatic carbocycles. The highest BCUT2D eigenvalue weighted by molar-refractivity contribution is 5.82. The van der Waals surface area contributed by atoms with Crippen LogP contribution >= 0.6 is 0 Å².